The molecule has 0 saturated heterocycles. The Morgan fingerprint density at radius 3 is 2.23 bits per heavy atom. The fourth-order valence-corrected chi connectivity index (χ4v) is 2.65. The summed E-state index contributed by atoms with van der Waals surface area (Å²) in [5.74, 6) is -1.07. The summed E-state index contributed by atoms with van der Waals surface area (Å²) in [5, 5.41) is 2.29. The Kier molecular flexibility index (Phi) is 7.07. The number of carbonyl (C=O) groups excluding carboxylic acids is 2. The van der Waals surface area contributed by atoms with Crippen LogP contribution in [-0.4, -0.2) is 16.9 Å². The van der Waals surface area contributed by atoms with Gasteiger partial charge >= 0.3 is 0 Å². The van der Waals surface area contributed by atoms with Gasteiger partial charge in [-0.3, -0.25) is 25.8 Å². The van der Waals surface area contributed by atoms with Crippen LogP contribution in [0.3, 0.4) is 0 Å². The maximum atomic E-state index is 12.9. The molecule has 0 aliphatic heterocycles. The van der Waals surface area contributed by atoms with Crippen LogP contribution < -0.4 is 20.9 Å². The quantitative estimate of drug-likeness (QED) is 0.433. The number of carbonyl (C=O) groups is 2. The number of amides is 2. The first kappa shape index (κ1) is 20.9. The monoisotopic (exact) mass is 423 g/mol. The second-order valence-corrected chi connectivity index (χ2v) is 6.55. The lowest BCUT2D eigenvalue weighted by molar-refractivity contribution is 0.0930. The molecule has 0 bridgehead atoms. The first-order valence-corrected chi connectivity index (χ1v) is 9.37. The maximum Gasteiger partial charge on any atom is 0.273 e. The van der Waals surface area contributed by atoms with E-state index in [0.717, 1.165) is 5.56 Å². The van der Waals surface area contributed by atoms with Crippen molar-refractivity contribution in [3.05, 3.63) is 101 Å². The van der Waals surface area contributed by atoms with Crippen molar-refractivity contribution < 1.29 is 18.7 Å². The van der Waals surface area contributed by atoms with Crippen LogP contribution in [-0.2, 0) is 6.61 Å². The molecule has 0 aromatic heterocycles. The number of rotatable bonds is 5. The Morgan fingerprint density at radius 1 is 0.833 bits per heavy atom. The molecule has 0 aliphatic carbocycles. The molecule has 0 fully saturated rings. The van der Waals surface area contributed by atoms with E-state index in [1.165, 1.54) is 24.3 Å². The molecule has 0 heterocycles. The van der Waals surface area contributed by atoms with Crippen molar-refractivity contribution in [3.8, 4) is 5.75 Å². The highest BCUT2D eigenvalue weighted by molar-refractivity contribution is 7.80. The number of hydrogen-bond donors (Lipinski definition) is 3. The molecular weight excluding hydrogens is 405 g/mol. The number of ether oxygens (including phenoxy) is 1. The molecule has 152 valence electrons. The molecule has 8 heteroatoms. The molecule has 30 heavy (non-hydrogen) atoms. The van der Waals surface area contributed by atoms with Gasteiger partial charge in [0.15, 0.2) is 5.11 Å². The molecule has 3 aromatic carbocycles. The molecule has 0 atom stereocenters. The average molecular weight is 423 g/mol. The molecule has 6 nitrogen and oxygen atoms in total. The van der Waals surface area contributed by atoms with Crippen molar-refractivity contribution >= 4 is 29.1 Å². The van der Waals surface area contributed by atoms with E-state index in [1.807, 2.05) is 30.3 Å². The molecule has 0 saturated carbocycles. The van der Waals surface area contributed by atoms with Crippen molar-refractivity contribution in [1.82, 2.24) is 16.2 Å². The van der Waals surface area contributed by atoms with Crippen molar-refractivity contribution in [1.29, 1.82) is 0 Å². The predicted octanol–water partition coefficient (Wildman–Crippen LogP) is 3.35. The second-order valence-electron chi connectivity index (χ2n) is 6.14. The van der Waals surface area contributed by atoms with E-state index in [9.17, 15) is 14.0 Å². The summed E-state index contributed by atoms with van der Waals surface area (Å²) in [6.07, 6.45) is 0. The second kappa shape index (κ2) is 10.1. The fourth-order valence-electron chi connectivity index (χ4n) is 2.50. The zero-order valence-corrected chi connectivity index (χ0v) is 16.5. The van der Waals surface area contributed by atoms with Gasteiger partial charge in [0.2, 0.25) is 0 Å². The summed E-state index contributed by atoms with van der Waals surface area (Å²) in [5.41, 5.74) is 6.38. The maximum absolute atomic E-state index is 12.9. The lowest BCUT2D eigenvalue weighted by atomic mass is 10.2. The van der Waals surface area contributed by atoms with Crippen molar-refractivity contribution in [2.75, 3.05) is 0 Å². The third kappa shape index (κ3) is 5.86. The minimum Gasteiger partial charge on any atom is -0.488 e. The number of para-hydroxylation sites is 1. The molecule has 3 aromatic rings. The van der Waals surface area contributed by atoms with Gasteiger partial charge in [0, 0.05) is 5.56 Å². The summed E-state index contributed by atoms with van der Waals surface area (Å²) in [6, 6.07) is 21.3. The Labute approximate surface area is 178 Å². The van der Waals surface area contributed by atoms with Gasteiger partial charge in [-0.2, -0.15) is 0 Å². The highest BCUT2D eigenvalue weighted by Crippen LogP contribution is 2.19. The Bertz CT molecular complexity index is 1040. The summed E-state index contributed by atoms with van der Waals surface area (Å²) >= 11 is 5.01. The summed E-state index contributed by atoms with van der Waals surface area (Å²) in [6.45, 7) is 0.310. The number of hydrogen-bond acceptors (Lipinski definition) is 4. The van der Waals surface area contributed by atoms with Gasteiger partial charge in [0.05, 0.1) is 5.56 Å². The van der Waals surface area contributed by atoms with Gasteiger partial charge in [-0.05, 0) is 54.2 Å². The molecule has 3 N–H and O–H groups in total. The third-order valence-corrected chi connectivity index (χ3v) is 4.20. The topological polar surface area (TPSA) is 79.5 Å². The lowest BCUT2D eigenvalue weighted by Gasteiger charge is -2.13. The van der Waals surface area contributed by atoms with Crippen LogP contribution in [0.1, 0.15) is 26.3 Å². The van der Waals surface area contributed by atoms with Crippen LogP contribution in [0, 0.1) is 5.82 Å². The third-order valence-electron chi connectivity index (χ3n) is 3.99. The molecule has 0 aliphatic rings. The van der Waals surface area contributed by atoms with Gasteiger partial charge in [-0.25, -0.2) is 4.39 Å². The summed E-state index contributed by atoms with van der Waals surface area (Å²) in [4.78, 5) is 24.6. The van der Waals surface area contributed by atoms with Crippen LogP contribution >= 0.6 is 12.2 Å². The molecule has 0 radical (unpaired) electrons. The van der Waals surface area contributed by atoms with Crippen molar-refractivity contribution in [2.24, 2.45) is 0 Å². The highest BCUT2D eigenvalue weighted by atomic mass is 32.1. The van der Waals surface area contributed by atoms with Gasteiger partial charge < -0.3 is 4.74 Å². The van der Waals surface area contributed by atoms with E-state index in [2.05, 4.69) is 16.2 Å². The first-order valence-electron chi connectivity index (χ1n) is 8.96. The SMILES string of the molecule is O=C(NC(=S)NNC(=O)c1ccccc1OCc1ccccc1)c1ccc(F)cc1. The first-order chi connectivity index (χ1) is 14.5. The number of thiocarbonyl (C=S) groups is 1. The molecule has 2 amide bonds. The normalized spacial score (nSPS) is 10.0. The predicted molar refractivity (Wildman–Crippen MR) is 114 cm³/mol. The minimum absolute atomic E-state index is 0.111. The fraction of sp³-hybridized carbons (Fsp3) is 0.0455. The van der Waals surface area contributed by atoms with E-state index in [1.54, 1.807) is 24.3 Å². The largest absolute Gasteiger partial charge is 0.488 e. The van der Waals surface area contributed by atoms with Crippen LogP contribution in [0.15, 0.2) is 78.9 Å². The van der Waals surface area contributed by atoms with E-state index >= 15 is 0 Å². The lowest BCUT2D eigenvalue weighted by Crippen LogP contribution is -2.48. The zero-order chi connectivity index (χ0) is 21.3. The Hall–Kier alpha value is -3.78. The van der Waals surface area contributed by atoms with E-state index < -0.39 is 17.6 Å². The van der Waals surface area contributed by atoms with Crippen LogP contribution in [0.2, 0.25) is 0 Å². The van der Waals surface area contributed by atoms with Gasteiger partial charge in [-0.15, -0.1) is 0 Å². The summed E-state index contributed by atoms with van der Waals surface area (Å²) < 4.78 is 18.7. The Morgan fingerprint density at radius 2 is 1.50 bits per heavy atom. The number of halogens is 1. The van der Waals surface area contributed by atoms with Crippen molar-refractivity contribution in [3.63, 3.8) is 0 Å². The smallest absolute Gasteiger partial charge is 0.273 e. The molecule has 0 spiro atoms. The van der Waals surface area contributed by atoms with Gasteiger partial charge in [0.1, 0.15) is 18.2 Å². The van der Waals surface area contributed by atoms with Crippen LogP contribution in [0.25, 0.3) is 0 Å². The van der Waals surface area contributed by atoms with Gasteiger partial charge in [0.25, 0.3) is 11.8 Å². The number of hydrazine groups is 1. The standard InChI is InChI=1S/C22H18FN3O3S/c23-17-12-10-16(11-13-17)20(27)24-22(30)26-25-21(28)18-8-4-5-9-19(18)29-14-15-6-2-1-3-7-15/h1-13H,14H2,(H,25,28)(H2,24,26,27,30). The minimum atomic E-state index is -0.534. The average Bonchev–Trinajstić information content (AvgIpc) is 2.77. The van der Waals surface area contributed by atoms with Crippen molar-refractivity contribution in [2.45, 2.75) is 6.61 Å². The number of benzene rings is 3. The molecule has 3 rings (SSSR count). The number of nitrogens with one attached hydrogen (secondary N) is 3. The van der Waals surface area contributed by atoms with E-state index in [4.69, 9.17) is 17.0 Å². The van der Waals surface area contributed by atoms with Crippen LogP contribution in [0.4, 0.5) is 4.39 Å². The van der Waals surface area contributed by atoms with E-state index in [0.29, 0.717) is 17.9 Å². The Balaban J connectivity index is 1.55. The highest BCUT2D eigenvalue weighted by Gasteiger charge is 2.13. The summed E-state index contributed by atoms with van der Waals surface area (Å²) in [7, 11) is 0. The van der Waals surface area contributed by atoms with E-state index in [-0.39, 0.29) is 10.7 Å². The van der Waals surface area contributed by atoms with Gasteiger partial charge in [-0.1, -0.05) is 42.5 Å². The molecular formula is C22H18FN3O3S. The molecule has 0 unspecified atom stereocenters. The zero-order valence-electron chi connectivity index (χ0n) is 15.7. The van der Waals surface area contributed by atoms with Crippen LogP contribution in [0.5, 0.6) is 5.75 Å².